The zero-order chi connectivity index (χ0) is 46.3. The van der Waals surface area contributed by atoms with E-state index in [0.29, 0.717) is 56.0 Å². The minimum absolute atomic E-state index is 0.0317. The van der Waals surface area contributed by atoms with Crippen LogP contribution in [0.1, 0.15) is 83.1 Å². The predicted octanol–water partition coefficient (Wildman–Crippen LogP) is -2.22. The smallest absolute Gasteiger partial charge is 0.315 e. The number of hydroxylamine groups is 1. The van der Waals surface area contributed by atoms with Crippen LogP contribution in [0.15, 0.2) is 24.3 Å². The first-order valence-electron chi connectivity index (χ1n) is 21.2. The minimum Gasteiger partial charge on any atom is -0.508 e. The van der Waals surface area contributed by atoms with Gasteiger partial charge in [0.15, 0.2) is 0 Å². The van der Waals surface area contributed by atoms with Crippen LogP contribution in [-0.2, 0) is 44.8 Å². The van der Waals surface area contributed by atoms with E-state index in [2.05, 4.69) is 42.5 Å². The number of carbonyl (C=O) groups excluding carboxylic acids is 9. The summed E-state index contributed by atoms with van der Waals surface area (Å²) < 4.78 is 0. The van der Waals surface area contributed by atoms with Gasteiger partial charge in [-0.05, 0) is 76.1 Å². The number of phenolic OH excluding ortho intramolecular Hbond substituents is 1. The van der Waals surface area contributed by atoms with Gasteiger partial charge in [0.2, 0.25) is 47.3 Å². The number of urea groups is 1. The fourth-order valence-corrected chi connectivity index (χ4v) is 8.57. The van der Waals surface area contributed by atoms with Crippen molar-refractivity contribution in [2.45, 2.75) is 119 Å². The molecule has 350 valence electrons. The second-order valence-electron chi connectivity index (χ2n) is 15.6. The van der Waals surface area contributed by atoms with Crippen molar-refractivity contribution in [2.75, 3.05) is 31.9 Å². The van der Waals surface area contributed by atoms with Crippen LogP contribution in [0.5, 0.6) is 5.75 Å². The maximum Gasteiger partial charge on any atom is 0.315 e. The van der Waals surface area contributed by atoms with Crippen LogP contribution in [0.3, 0.4) is 0 Å². The summed E-state index contributed by atoms with van der Waals surface area (Å²) in [5.74, 6) is -5.32. The van der Waals surface area contributed by atoms with Gasteiger partial charge < -0.3 is 59.1 Å². The number of primary amides is 1. The number of phenols is 1. The quantitative estimate of drug-likeness (QED) is 0.0176. The van der Waals surface area contributed by atoms with Crippen LogP contribution < -0.4 is 59.5 Å². The molecule has 2 fully saturated rings. The van der Waals surface area contributed by atoms with E-state index in [0.717, 1.165) is 25.0 Å². The van der Waals surface area contributed by atoms with Gasteiger partial charge in [0.1, 0.15) is 23.9 Å². The van der Waals surface area contributed by atoms with Crippen molar-refractivity contribution in [3.05, 3.63) is 29.8 Å². The molecule has 0 saturated carbocycles. The minimum atomic E-state index is -1.26. The Morgan fingerprint density at radius 3 is 2.19 bits per heavy atom. The standard InChI is InChI=1S/C40H63N11O11S/c1-23(46-38(59)25(8-4-6-16-41)19-32(54)51-62)37(58)48-28(18-24-12-14-26(52)15-13-24)39(60)45-20-33(55)44-21-34(56)47-27(36(42)57)9-5-7-17-43-31(53)11-3-2-10-30-35-29(22-63-30)49-40(61)50-35/h12-15,23,25,27-30,35,52,62H,2-11,16-22,41H2,1H3,(H2,42,57)(H,43,53)(H,44,55)(H,45,60)(H,46,59)(H,47,56)(H,48,58)(H,51,54)(H2,49,50,61)/t23-,25?,27-,28-,29-,30-,35-/m0/s1. The third kappa shape index (κ3) is 19.1. The molecular weight excluding hydrogens is 843 g/mol. The van der Waals surface area contributed by atoms with Gasteiger partial charge in [-0.3, -0.25) is 43.6 Å². The number of benzene rings is 1. The highest BCUT2D eigenvalue weighted by Crippen LogP contribution is 2.33. The number of hydrogen-bond acceptors (Lipinski definition) is 13. The Morgan fingerprint density at radius 2 is 1.49 bits per heavy atom. The monoisotopic (exact) mass is 905 g/mol. The SMILES string of the molecule is C[C@H](NC(=O)C(CCCCN)CC(=O)NO)C(=O)N[C@@H](Cc1ccc(O)cc1)C(=O)NCC(=O)NCC(=O)N[C@@H](CCCCNC(=O)CCCC[C@@H]1SC[C@@H]2NC(=O)N[C@@H]21)C(N)=O. The molecule has 10 amide bonds. The molecule has 0 spiro atoms. The van der Waals surface area contributed by atoms with Crippen molar-refractivity contribution in [1.82, 2.24) is 48.0 Å². The lowest BCUT2D eigenvalue weighted by molar-refractivity contribution is -0.136. The van der Waals surface area contributed by atoms with Crippen molar-refractivity contribution in [3.63, 3.8) is 0 Å². The van der Waals surface area contributed by atoms with Gasteiger partial charge in [0, 0.05) is 42.7 Å². The lowest BCUT2D eigenvalue weighted by atomic mass is 9.96. The molecule has 0 radical (unpaired) electrons. The maximum absolute atomic E-state index is 13.3. The maximum atomic E-state index is 13.3. The molecule has 3 rings (SSSR count). The van der Waals surface area contributed by atoms with Crippen molar-refractivity contribution in [3.8, 4) is 5.75 Å². The first kappa shape index (κ1) is 51.7. The van der Waals surface area contributed by atoms with Crippen LogP contribution in [0.2, 0.25) is 0 Å². The Labute approximate surface area is 370 Å². The molecule has 15 N–H and O–H groups in total. The second kappa shape index (κ2) is 27.4. The lowest BCUT2D eigenvalue weighted by Gasteiger charge is -2.23. The molecule has 22 nitrogen and oxygen atoms in total. The molecule has 7 atom stereocenters. The predicted molar refractivity (Wildman–Crippen MR) is 230 cm³/mol. The average Bonchev–Trinajstić information content (AvgIpc) is 3.81. The van der Waals surface area contributed by atoms with E-state index in [-0.39, 0.29) is 55.5 Å². The lowest BCUT2D eigenvalue weighted by Crippen LogP contribution is -2.55. The summed E-state index contributed by atoms with van der Waals surface area (Å²) in [5, 5.41) is 40.0. The number of hydrogen-bond donors (Lipinski definition) is 13. The molecular formula is C40H63N11O11S. The van der Waals surface area contributed by atoms with Crippen LogP contribution in [-0.4, -0.2) is 131 Å². The number of aromatic hydroxyl groups is 1. The Bertz CT molecular complexity index is 1740. The molecule has 0 bridgehead atoms. The number of nitrogens with one attached hydrogen (secondary N) is 9. The molecule has 23 heteroatoms. The number of carbonyl (C=O) groups is 9. The van der Waals surface area contributed by atoms with Gasteiger partial charge in [-0.25, -0.2) is 10.3 Å². The number of nitrogens with two attached hydrogens (primary N) is 2. The highest BCUT2D eigenvalue weighted by Gasteiger charge is 2.42. The van der Waals surface area contributed by atoms with Crippen molar-refractivity contribution in [1.29, 1.82) is 0 Å². The van der Waals surface area contributed by atoms with E-state index in [1.165, 1.54) is 36.7 Å². The highest BCUT2D eigenvalue weighted by molar-refractivity contribution is 8.00. The summed E-state index contributed by atoms with van der Waals surface area (Å²) in [7, 11) is 0. The summed E-state index contributed by atoms with van der Waals surface area (Å²) in [5.41, 5.74) is 13.0. The molecule has 1 aromatic rings. The van der Waals surface area contributed by atoms with E-state index in [1.54, 1.807) is 0 Å². The van der Waals surface area contributed by atoms with E-state index in [4.69, 9.17) is 16.7 Å². The zero-order valence-corrected chi connectivity index (χ0v) is 36.3. The Morgan fingerprint density at radius 1 is 0.778 bits per heavy atom. The van der Waals surface area contributed by atoms with E-state index >= 15 is 0 Å². The van der Waals surface area contributed by atoms with Crippen LogP contribution in [0.4, 0.5) is 4.79 Å². The van der Waals surface area contributed by atoms with E-state index in [9.17, 15) is 48.3 Å². The van der Waals surface area contributed by atoms with Gasteiger partial charge in [-0.15, -0.1) is 0 Å². The number of amides is 10. The van der Waals surface area contributed by atoms with Gasteiger partial charge in [0.25, 0.3) is 0 Å². The molecule has 0 aliphatic carbocycles. The fraction of sp³-hybridized carbons (Fsp3) is 0.625. The molecule has 2 aliphatic heterocycles. The van der Waals surface area contributed by atoms with Crippen molar-refractivity contribution < 1.29 is 53.5 Å². The normalized spacial score (nSPS) is 18.2. The molecule has 2 heterocycles. The van der Waals surface area contributed by atoms with Gasteiger partial charge >= 0.3 is 6.03 Å². The third-order valence-electron chi connectivity index (χ3n) is 10.6. The molecule has 1 unspecified atom stereocenters. The largest absolute Gasteiger partial charge is 0.508 e. The first-order chi connectivity index (χ1) is 30.1. The third-order valence-corrected chi connectivity index (χ3v) is 12.1. The fourth-order valence-electron chi connectivity index (χ4n) is 7.03. The summed E-state index contributed by atoms with van der Waals surface area (Å²) >= 11 is 1.83. The number of rotatable bonds is 29. The highest BCUT2D eigenvalue weighted by atomic mass is 32.2. The van der Waals surface area contributed by atoms with Crippen molar-refractivity contribution in [2.24, 2.45) is 17.4 Å². The molecule has 0 aromatic heterocycles. The van der Waals surface area contributed by atoms with Gasteiger partial charge in [0.05, 0.1) is 25.2 Å². The van der Waals surface area contributed by atoms with E-state index < -0.39 is 78.5 Å². The molecule has 1 aromatic carbocycles. The van der Waals surface area contributed by atoms with Crippen LogP contribution in [0.25, 0.3) is 0 Å². The number of thioether (sulfide) groups is 1. The van der Waals surface area contributed by atoms with Crippen LogP contribution >= 0.6 is 11.8 Å². The summed E-state index contributed by atoms with van der Waals surface area (Å²) in [6.45, 7) is 0.981. The van der Waals surface area contributed by atoms with Crippen LogP contribution in [0, 0.1) is 5.92 Å². The second-order valence-corrected chi connectivity index (χ2v) is 16.9. The Hall–Kier alpha value is -5.68. The summed E-state index contributed by atoms with van der Waals surface area (Å²) in [6.07, 6.45) is 5.00. The van der Waals surface area contributed by atoms with Gasteiger partial charge in [-0.2, -0.15) is 11.8 Å². The molecule has 63 heavy (non-hydrogen) atoms. The van der Waals surface area contributed by atoms with Crippen molar-refractivity contribution >= 4 is 65.1 Å². The summed E-state index contributed by atoms with van der Waals surface area (Å²) in [4.78, 5) is 112. The number of fused-ring (bicyclic) bond motifs is 1. The van der Waals surface area contributed by atoms with Gasteiger partial charge in [-0.1, -0.05) is 25.0 Å². The average molecular weight is 906 g/mol. The first-order valence-corrected chi connectivity index (χ1v) is 22.2. The molecule has 2 saturated heterocycles. The zero-order valence-electron chi connectivity index (χ0n) is 35.5. The Balaban J connectivity index is 1.39. The number of unbranched alkanes of at least 4 members (excludes halogenated alkanes) is 3. The molecule has 2 aliphatic rings. The Kier molecular flexibility index (Phi) is 22.5. The summed E-state index contributed by atoms with van der Waals surface area (Å²) in [6, 6.07) is 2.53. The van der Waals surface area contributed by atoms with E-state index in [1.807, 2.05) is 11.8 Å². The topological polar surface area (TPSA) is 354 Å².